The zero-order valence-corrected chi connectivity index (χ0v) is 15.9. The van der Waals surface area contributed by atoms with Gasteiger partial charge in [0.1, 0.15) is 5.82 Å². The van der Waals surface area contributed by atoms with E-state index < -0.39 is 0 Å². The monoisotopic (exact) mass is 372 g/mol. The number of amides is 1. The number of benzene rings is 1. The molecule has 0 spiro atoms. The molecule has 1 amide bonds. The van der Waals surface area contributed by atoms with Crippen molar-refractivity contribution in [1.29, 1.82) is 0 Å². The number of aromatic amines is 1. The van der Waals surface area contributed by atoms with Crippen molar-refractivity contribution in [3.63, 3.8) is 0 Å². The third-order valence-electron chi connectivity index (χ3n) is 5.85. The summed E-state index contributed by atoms with van der Waals surface area (Å²) in [5, 5.41) is 1.25. The van der Waals surface area contributed by atoms with E-state index >= 15 is 0 Å². The second-order valence-electron chi connectivity index (χ2n) is 7.55. The van der Waals surface area contributed by atoms with Crippen LogP contribution in [-0.2, 0) is 0 Å². The van der Waals surface area contributed by atoms with Gasteiger partial charge in [-0.3, -0.25) is 4.79 Å². The lowest BCUT2D eigenvalue weighted by molar-refractivity contribution is 0.0773. The molecule has 0 atom stereocenters. The number of fused-ring (bicyclic) bond motifs is 1. The van der Waals surface area contributed by atoms with Crippen LogP contribution in [0.5, 0.6) is 0 Å². The smallest absolute Gasteiger partial charge is 0.257 e. The minimum atomic E-state index is 0.0872. The molecular weight excluding hydrogens is 348 g/mol. The predicted octanol–water partition coefficient (Wildman–Crippen LogP) is 4.09. The van der Waals surface area contributed by atoms with Crippen LogP contribution in [0.3, 0.4) is 0 Å². The molecule has 2 aliphatic heterocycles. The lowest BCUT2D eigenvalue weighted by Gasteiger charge is -2.28. The topological polar surface area (TPSA) is 52.2 Å². The second kappa shape index (κ2) is 7.15. The van der Waals surface area contributed by atoms with E-state index in [0.717, 1.165) is 43.0 Å². The lowest BCUT2D eigenvalue weighted by Crippen LogP contribution is -2.36. The first-order chi connectivity index (χ1) is 13.8. The predicted molar refractivity (Wildman–Crippen MR) is 112 cm³/mol. The van der Waals surface area contributed by atoms with Crippen molar-refractivity contribution in [2.45, 2.75) is 19.3 Å². The van der Waals surface area contributed by atoms with Crippen molar-refractivity contribution in [2.24, 2.45) is 0 Å². The number of hydrogen-bond acceptors (Lipinski definition) is 3. The van der Waals surface area contributed by atoms with Gasteiger partial charge in [0.2, 0.25) is 0 Å². The SMILES string of the molecule is O=C(c1cccnc1N1CCCC1)N1CC=C(c2c[nH]c3ccccc23)CC1. The van der Waals surface area contributed by atoms with E-state index in [1.165, 1.54) is 29.4 Å². The van der Waals surface area contributed by atoms with Crippen molar-refractivity contribution in [1.82, 2.24) is 14.9 Å². The largest absolute Gasteiger partial charge is 0.361 e. The van der Waals surface area contributed by atoms with Gasteiger partial charge in [0.25, 0.3) is 5.91 Å². The van der Waals surface area contributed by atoms with Gasteiger partial charge in [-0.15, -0.1) is 0 Å². The molecule has 0 unspecified atom stereocenters. The number of pyridine rings is 1. The standard InChI is InChI=1S/C23H24N4O/c28-23(19-7-5-11-24-22(19)26-12-3-4-13-26)27-14-9-17(10-15-27)20-16-25-21-8-2-1-6-18(20)21/h1-2,5-9,11,16,25H,3-4,10,12-15H2. The number of anilines is 1. The van der Waals surface area contributed by atoms with Gasteiger partial charge in [-0.05, 0) is 43.0 Å². The molecular formula is C23H24N4O. The highest BCUT2D eigenvalue weighted by molar-refractivity contribution is 6.00. The quantitative estimate of drug-likeness (QED) is 0.753. The maximum atomic E-state index is 13.2. The summed E-state index contributed by atoms with van der Waals surface area (Å²) in [7, 11) is 0. The zero-order valence-electron chi connectivity index (χ0n) is 15.9. The van der Waals surface area contributed by atoms with Gasteiger partial charge in [-0.25, -0.2) is 4.98 Å². The number of nitrogens with zero attached hydrogens (tertiary/aromatic N) is 3. The maximum absolute atomic E-state index is 13.2. The Morgan fingerprint density at radius 1 is 1.04 bits per heavy atom. The van der Waals surface area contributed by atoms with Crippen LogP contribution in [0.4, 0.5) is 5.82 Å². The normalized spacial score (nSPS) is 17.2. The summed E-state index contributed by atoms with van der Waals surface area (Å²) in [4.78, 5) is 25.3. The zero-order chi connectivity index (χ0) is 18.9. The summed E-state index contributed by atoms with van der Waals surface area (Å²) in [6, 6.07) is 12.1. The summed E-state index contributed by atoms with van der Waals surface area (Å²) in [6.45, 7) is 3.35. The first-order valence-electron chi connectivity index (χ1n) is 10.1. The third kappa shape index (κ3) is 2.97. The van der Waals surface area contributed by atoms with Crippen LogP contribution >= 0.6 is 0 Å². The number of para-hydroxylation sites is 1. The Bertz CT molecular complexity index is 1050. The molecule has 28 heavy (non-hydrogen) atoms. The molecule has 0 bridgehead atoms. The first-order valence-corrected chi connectivity index (χ1v) is 10.1. The number of carbonyl (C=O) groups excluding carboxylic acids is 1. The summed E-state index contributed by atoms with van der Waals surface area (Å²) >= 11 is 0. The van der Waals surface area contributed by atoms with E-state index in [-0.39, 0.29) is 5.91 Å². The molecule has 0 saturated carbocycles. The fourth-order valence-electron chi connectivity index (χ4n) is 4.35. The average Bonchev–Trinajstić information content (AvgIpc) is 3.44. The van der Waals surface area contributed by atoms with Crippen LogP contribution in [0.1, 0.15) is 35.2 Å². The van der Waals surface area contributed by atoms with E-state index in [0.29, 0.717) is 6.54 Å². The molecule has 4 heterocycles. The molecule has 3 aromatic rings. The molecule has 5 rings (SSSR count). The van der Waals surface area contributed by atoms with Crippen LogP contribution < -0.4 is 4.90 Å². The minimum absolute atomic E-state index is 0.0872. The van der Waals surface area contributed by atoms with E-state index in [1.807, 2.05) is 23.1 Å². The molecule has 2 aliphatic rings. The van der Waals surface area contributed by atoms with Crippen molar-refractivity contribution < 1.29 is 4.79 Å². The number of rotatable bonds is 3. The molecule has 5 heteroatoms. The van der Waals surface area contributed by atoms with Crippen molar-refractivity contribution >= 4 is 28.2 Å². The van der Waals surface area contributed by atoms with Gasteiger partial charge >= 0.3 is 0 Å². The number of carbonyl (C=O) groups is 1. The van der Waals surface area contributed by atoms with Gasteiger partial charge in [0, 0.05) is 55.0 Å². The van der Waals surface area contributed by atoms with E-state index in [4.69, 9.17) is 0 Å². The number of hydrogen-bond donors (Lipinski definition) is 1. The summed E-state index contributed by atoms with van der Waals surface area (Å²) in [6.07, 6.45) is 9.28. The molecule has 1 saturated heterocycles. The van der Waals surface area contributed by atoms with Gasteiger partial charge < -0.3 is 14.8 Å². The molecule has 0 radical (unpaired) electrons. The molecule has 0 aliphatic carbocycles. The van der Waals surface area contributed by atoms with Gasteiger partial charge in [0.15, 0.2) is 0 Å². The second-order valence-corrected chi connectivity index (χ2v) is 7.55. The first kappa shape index (κ1) is 17.0. The Labute approximate surface area is 164 Å². The van der Waals surface area contributed by atoms with E-state index in [2.05, 4.69) is 45.3 Å². The van der Waals surface area contributed by atoms with Gasteiger partial charge in [-0.1, -0.05) is 24.3 Å². The Morgan fingerprint density at radius 3 is 2.71 bits per heavy atom. The highest BCUT2D eigenvalue weighted by atomic mass is 16.2. The Balaban J connectivity index is 1.38. The average molecular weight is 372 g/mol. The third-order valence-corrected chi connectivity index (χ3v) is 5.85. The van der Waals surface area contributed by atoms with Crippen LogP contribution in [0.25, 0.3) is 16.5 Å². The highest BCUT2D eigenvalue weighted by Crippen LogP contribution is 2.30. The molecule has 1 fully saturated rings. The van der Waals surface area contributed by atoms with E-state index in [1.54, 1.807) is 6.20 Å². The van der Waals surface area contributed by atoms with Gasteiger partial charge in [-0.2, -0.15) is 0 Å². The molecule has 1 N–H and O–H groups in total. The van der Waals surface area contributed by atoms with E-state index in [9.17, 15) is 4.79 Å². The maximum Gasteiger partial charge on any atom is 0.257 e. The number of nitrogens with one attached hydrogen (secondary N) is 1. The van der Waals surface area contributed by atoms with Crippen LogP contribution in [0, 0.1) is 0 Å². The molecule has 1 aromatic carbocycles. The molecule has 5 nitrogen and oxygen atoms in total. The number of aromatic nitrogens is 2. The molecule has 142 valence electrons. The van der Waals surface area contributed by atoms with Crippen molar-refractivity contribution in [2.75, 3.05) is 31.1 Å². The highest BCUT2D eigenvalue weighted by Gasteiger charge is 2.25. The summed E-state index contributed by atoms with van der Waals surface area (Å²) in [5.74, 6) is 0.931. The minimum Gasteiger partial charge on any atom is -0.361 e. The lowest BCUT2D eigenvalue weighted by atomic mass is 9.98. The Hall–Kier alpha value is -3.08. The fourth-order valence-corrected chi connectivity index (χ4v) is 4.35. The summed E-state index contributed by atoms with van der Waals surface area (Å²) < 4.78 is 0. The Kier molecular flexibility index (Phi) is 4.35. The molecule has 2 aromatic heterocycles. The van der Waals surface area contributed by atoms with Crippen molar-refractivity contribution in [3.8, 4) is 0 Å². The van der Waals surface area contributed by atoms with Crippen LogP contribution in [0.2, 0.25) is 0 Å². The number of H-pyrrole nitrogens is 1. The fraction of sp³-hybridized carbons (Fsp3) is 0.304. The van der Waals surface area contributed by atoms with Crippen LogP contribution in [0.15, 0.2) is 54.9 Å². The Morgan fingerprint density at radius 2 is 1.89 bits per heavy atom. The summed E-state index contributed by atoms with van der Waals surface area (Å²) in [5.41, 5.74) is 4.45. The van der Waals surface area contributed by atoms with Crippen LogP contribution in [-0.4, -0.2) is 47.0 Å². The van der Waals surface area contributed by atoms with Gasteiger partial charge in [0.05, 0.1) is 5.56 Å². The van der Waals surface area contributed by atoms with Crippen molar-refractivity contribution in [3.05, 3.63) is 66.0 Å².